The van der Waals surface area contributed by atoms with Crippen molar-refractivity contribution < 1.29 is 8.42 Å². The fourth-order valence-electron chi connectivity index (χ4n) is 2.14. The summed E-state index contributed by atoms with van der Waals surface area (Å²) in [7, 11) is 2.10. The highest BCUT2D eigenvalue weighted by molar-refractivity contribution is 7.90. The molecule has 3 rings (SSSR count). The van der Waals surface area contributed by atoms with Gasteiger partial charge in [-0.05, 0) is 30.5 Å². The lowest BCUT2D eigenvalue weighted by atomic mass is 9.97. The zero-order valence-electron chi connectivity index (χ0n) is 11.1. The molecule has 4 nitrogen and oxygen atoms in total. The molecule has 3 aromatic rings. The number of rotatable bonds is 2. The molecule has 0 unspecified atom stereocenters. The van der Waals surface area contributed by atoms with E-state index >= 15 is 0 Å². The maximum Gasteiger partial charge on any atom is 0.268 e. The lowest BCUT2D eigenvalue weighted by Crippen LogP contribution is -2.13. The molecule has 2 aromatic heterocycles. The topological polar surface area (TPSA) is 52.0 Å². The number of nitrogens with zero attached hydrogens (tertiary/aromatic N) is 2. The van der Waals surface area contributed by atoms with Crippen molar-refractivity contribution in [1.29, 1.82) is 0 Å². The van der Waals surface area contributed by atoms with E-state index in [2.05, 4.69) is 4.98 Å². The third kappa shape index (κ3) is 2.24. The number of hydrogen-bond acceptors (Lipinski definition) is 3. The fourth-order valence-corrected chi connectivity index (χ4v) is 3.83. The van der Waals surface area contributed by atoms with Gasteiger partial charge < -0.3 is 0 Å². The van der Waals surface area contributed by atoms with Crippen LogP contribution in [0.15, 0.2) is 47.6 Å². The van der Waals surface area contributed by atoms with E-state index in [0.717, 1.165) is 9.54 Å². The van der Waals surface area contributed by atoms with Gasteiger partial charge in [-0.25, -0.2) is 17.4 Å². The second-order valence-corrected chi connectivity index (χ2v) is 6.87. The SMILES string of the molecule is [B]c1cn(S(=O)(=O)c2ccc(C)cc2)c2c(Cl)nccc12. The Morgan fingerprint density at radius 2 is 1.86 bits per heavy atom. The summed E-state index contributed by atoms with van der Waals surface area (Å²) >= 11 is 6.04. The lowest BCUT2D eigenvalue weighted by Gasteiger charge is -2.08. The molecule has 0 N–H and O–H groups in total. The summed E-state index contributed by atoms with van der Waals surface area (Å²) in [5.41, 5.74) is 1.60. The van der Waals surface area contributed by atoms with Crippen LogP contribution in [0, 0.1) is 6.92 Å². The summed E-state index contributed by atoms with van der Waals surface area (Å²) in [6.07, 6.45) is 2.84. The maximum atomic E-state index is 12.7. The van der Waals surface area contributed by atoms with E-state index < -0.39 is 10.0 Å². The first-order valence-electron chi connectivity index (χ1n) is 6.14. The zero-order valence-corrected chi connectivity index (χ0v) is 12.7. The second-order valence-electron chi connectivity index (χ2n) is 4.70. The van der Waals surface area contributed by atoms with Crippen molar-refractivity contribution in [2.75, 3.05) is 0 Å². The Morgan fingerprint density at radius 1 is 1.19 bits per heavy atom. The molecule has 104 valence electrons. The van der Waals surface area contributed by atoms with Gasteiger partial charge in [-0.2, -0.15) is 0 Å². The number of halogens is 1. The van der Waals surface area contributed by atoms with Crippen LogP contribution in [-0.2, 0) is 10.0 Å². The molecule has 7 heteroatoms. The summed E-state index contributed by atoms with van der Waals surface area (Å²) in [5, 5.41) is 0.658. The van der Waals surface area contributed by atoms with E-state index in [9.17, 15) is 8.42 Å². The van der Waals surface area contributed by atoms with Gasteiger partial charge in [-0.15, -0.1) is 0 Å². The Hall–Kier alpha value is -1.79. The predicted octanol–water partition coefficient (Wildman–Crippen LogP) is 2.03. The molecule has 0 amide bonds. The molecule has 2 heterocycles. The molecule has 1 aromatic carbocycles. The maximum absolute atomic E-state index is 12.7. The Labute approximate surface area is 128 Å². The van der Waals surface area contributed by atoms with Crippen LogP contribution in [0.25, 0.3) is 10.9 Å². The van der Waals surface area contributed by atoms with Crippen molar-refractivity contribution in [2.45, 2.75) is 11.8 Å². The average molecular weight is 317 g/mol. The smallest absolute Gasteiger partial charge is 0.242 e. The third-order valence-corrected chi connectivity index (χ3v) is 5.20. The first-order valence-corrected chi connectivity index (χ1v) is 7.96. The number of pyridine rings is 1. The second kappa shape index (κ2) is 4.89. The fraction of sp³-hybridized carbons (Fsp3) is 0.0714. The van der Waals surface area contributed by atoms with Crippen LogP contribution >= 0.6 is 11.6 Å². The van der Waals surface area contributed by atoms with Crippen LogP contribution < -0.4 is 5.46 Å². The van der Waals surface area contributed by atoms with E-state index in [1.165, 1.54) is 12.4 Å². The van der Waals surface area contributed by atoms with Crippen LogP contribution in [0.2, 0.25) is 5.15 Å². The molecule has 0 fully saturated rings. The van der Waals surface area contributed by atoms with Crippen LogP contribution in [0.4, 0.5) is 0 Å². The third-order valence-electron chi connectivity index (χ3n) is 3.25. The minimum atomic E-state index is -3.77. The lowest BCUT2D eigenvalue weighted by molar-refractivity contribution is 0.589. The molecule has 0 aliphatic rings. The van der Waals surface area contributed by atoms with Crippen molar-refractivity contribution in [3.05, 3.63) is 53.4 Å². The summed E-state index contributed by atoms with van der Waals surface area (Å²) in [4.78, 5) is 4.10. The largest absolute Gasteiger partial charge is 0.268 e. The normalized spacial score (nSPS) is 11.9. The number of benzene rings is 1. The van der Waals surface area contributed by atoms with Crippen LogP contribution in [0.1, 0.15) is 5.56 Å². The van der Waals surface area contributed by atoms with Crippen LogP contribution in [0.3, 0.4) is 0 Å². The van der Waals surface area contributed by atoms with Crippen molar-refractivity contribution in [3.63, 3.8) is 0 Å². The Kier molecular flexibility index (Phi) is 3.30. The molecule has 2 radical (unpaired) electrons. The highest BCUT2D eigenvalue weighted by Gasteiger charge is 2.21. The van der Waals surface area contributed by atoms with E-state index in [-0.39, 0.29) is 15.6 Å². The molecular weight excluding hydrogens is 306 g/mol. The number of hydrogen-bond donors (Lipinski definition) is 0. The number of aromatic nitrogens is 2. The minimum Gasteiger partial charge on any atom is -0.242 e. The van der Waals surface area contributed by atoms with Gasteiger partial charge in [0, 0.05) is 12.4 Å². The molecule has 0 aliphatic carbocycles. The molecule has 0 aliphatic heterocycles. The summed E-state index contributed by atoms with van der Waals surface area (Å²) in [6, 6.07) is 8.22. The molecule has 0 bridgehead atoms. The van der Waals surface area contributed by atoms with Gasteiger partial charge >= 0.3 is 0 Å². The molecule has 0 saturated carbocycles. The van der Waals surface area contributed by atoms with Gasteiger partial charge in [0.2, 0.25) is 0 Å². The Morgan fingerprint density at radius 3 is 2.52 bits per heavy atom. The van der Waals surface area contributed by atoms with Gasteiger partial charge in [-0.1, -0.05) is 34.8 Å². The molecule has 0 saturated heterocycles. The quantitative estimate of drug-likeness (QED) is 0.537. The van der Waals surface area contributed by atoms with Gasteiger partial charge in [0.1, 0.15) is 13.4 Å². The van der Waals surface area contributed by atoms with Gasteiger partial charge in [0.05, 0.1) is 4.90 Å². The predicted molar refractivity (Wildman–Crippen MR) is 83.9 cm³/mol. The molecular formula is C14H10BClN2O2S. The summed E-state index contributed by atoms with van der Waals surface area (Å²) < 4.78 is 26.6. The number of aryl methyl sites for hydroxylation is 1. The highest BCUT2D eigenvalue weighted by atomic mass is 35.5. The van der Waals surface area contributed by atoms with Crippen LogP contribution in [0.5, 0.6) is 0 Å². The monoisotopic (exact) mass is 316 g/mol. The van der Waals surface area contributed by atoms with Crippen molar-refractivity contribution in [2.24, 2.45) is 0 Å². The van der Waals surface area contributed by atoms with E-state index in [0.29, 0.717) is 10.8 Å². The first-order chi connectivity index (χ1) is 9.91. The highest BCUT2D eigenvalue weighted by Crippen LogP contribution is 2.25. The van der Waals surface area contributed by atoms with Crippen molar-refractivity contribution in [1.82, 2.24) is 8.96 Å². The van der Waals surface area contributed by atoms with E-state index in [1.807, 2.05) is 6.92 Å². The van der Waals surface area contributed by atoms with Crippen LogP contribution in [-0.4, -0.2) is 25.2 Å². The minimum absolute atomic E-state index is 0.0971. The van der Waals surface area contributed by atoms with Crippen molar-refractivity contribution >= 4 is 45.8 Å². The Bertz CT molecular complexity index is 934. The van der Waals surface area contributed by atoms with E-state index in [4.69, 9.17) is 19.4 Å². The zero-order chi connectivity index (χ0) is 15.2. The molecule has 21 heavy (non-hydrogen) atoms. The van der Waals surface area contributed by atoms with Gasteiger partial charge in [-0.3, -0.25) is 0 Å². The molecule has 0 spiro atoms. The Balaban J connectivity index is 2.32. The number of fused-ring (bicyclic) bond motifs is 1. The van der Waals surface area contributed by atoms with E-state index in [1.54, 1.807) is 30.3 Å². The summed E-state index contributed by atoms with van der Waals surface area (Å²) in [6.45, 7) is 1.89. The average Bonchev–Trinajstić information content (AvgIpc) is 2.79. The first kappa shape index (κ1) is 14.2. The summed E-state index contributed by atoms with van der Waals surface area (Å²) in [5.74, 6) is 0. The van der Waals surface area contributed by atoms with Gasteiger partial charge in [0.25, 0.3) is 10.0 Å². The van der Waals surface area contributed by atoms with Crippen molar-refractivity contribution in [3.8, 4) is 0 Å². The molecule has 0 atom stereocenters. The van der Waals surface area contributed by atoms with Gasteiger partial charge in [0.15, 0.2) is 5.15 Å². The standard InChI is InChI=1S/C14H10BClN2O2S/c1-9-2-4-10(5-3-9)21(19,20)18-8-12(15)11-6-7-17-14(16)13(11)18/h2-8H,1H3.